The fourth-order valence-corrected chi connectivity index (χ4v) is 2.16. The molecule has 1 atom stereocenters. The highest BCUT2D eigenvalue weighted by Crippen LogP contribution is 2.20. The molecular weight excluding hydrogens is 254 g/mol. The smallest absolute Gasteiger partial charge is 0.242 e. The van der Waals surface area contributed by atoms with Crippen LogP contribution < -0.4 is 15.8 Å². The van der Waals surface area contributed by atoms with Crippen molar-refractivity contribution in [2.75, 3.05) is 18.9 Å². The van der Waals surface area contributed by atoms with Crippen LogP contribution in [0, 0.1) is 5.92 Å². The van der Waals surface area contributed by atoms with E-state index in [-0.39, 0.29) is 29.0 Å². The lowest BCUT2D eigenvalue weighted by molar-refractivity contribution is -0.119. The Morgan fingerprint density at radius 1 is 1.39 bits per heavy atom. The third-order valence-corrected chi connectivity index (χ3v) is 3.98. The highest BCUT2D eigenvalue weighted by atomic mass is 32.2. The fraction of sp³-hybridized carbons (Fsp3) is 0.364. The summed E-state index contributed by atoms with van der Waals surface area (Å²) in [5, 5.41) is 2.56. The van der Waals surface area contributed by atoms with Crippen LogP contribution in [0.25, 0.3) is 0 Å². The Kier molecular flexibility index (Phi) is 4.83. The van der Waals surface area contributed by atoms with Gasteiger partial charge in [-0.3, -0.25) is 4.79 Å². The van der Waals surface area contributed by atoms with Gasteiger partial charge >= 0.3 is 0 Å². The molecule has 0 aliphatic rings. The molecule has 1 amide bonds. The number of anilines is 1. The van der Waals surface area contributed by atoms with Crippen molar-refractivity contribution < 1.29 is 13.2 Å². The molecule has 7 heteroatoms. The molecule has 0 saturated heterocycles. The summed E-state index contributed by atoms with van der Waals surface area (Å²) in [6.45, 7) is 1.87. The number of sulfonamides is 1. The van der Waals surface area contributed by atoms with Crippen molar-refractivity contribution in [1.82, 2.24) is 4.72 Å². The van der Waals surface area contributed by atoms with Crippen LogP contribution in [-0.4, -0.2) is 27.9 Å². The average Bonchev–Trinajstić information content (AvgIpc) is 2.38. The normalized spacial score (nSPS) is 13.1. The van der Waals surface area contributed by atoms with E-state index in [1.807, 2.05) is 0 Å². The summed E-state index contributed by atoms with van der Waals surface area (Å²) in [5.74, 6) is -0.688. The molecule has 1 aromatic rings. The van der Waals surface area contributed by atoms with Gasteiger partial charge in [-0.1, -0.05) is 19.1 Å². The van der Waals surface area contributed by atoms with Gasteiger partial charge in [0, 0.05) is 12.5 Å². The maximum absolute atomic E-state index is 11.8. The van der Waals surface area contributed by atoms with Gasteiger partial charge in [0.05, 0.1) is 5.69 Å². The van der Waals surface area contributed by atoms with Gasteiger partial charge in [0.15, 0.2) is 0 Å². The van der Waals surface area contributed by atoms with Gasteiger partial charge in [-0.25, -0.2) is 13.1 Å². The molecule has 1 unspecified atom stereocenters. The lowest BCUT2D eigenvalue weighted by Crippen LogP contribution is -2.28. The van der Waals surface area contributed by atoms with E-state index >= 15 is 0 Å². The number of hydrogen-bond donors (Lipinski definition) is 3. The SMILES string of the molecule is CNS(=O)(=O)c1ccccc1NC(=O)C(C)CN. The molecule has 18 heavy (non-hydrogen) atoms. The second kappa shape index (κ2) is 5.94. The number of amides is 1. The van der Waals surface area contributed by atoms with Crippen molar-refractivity contribution in [3.63, 3.8) is 0 Å². The Bertz CT molecular complexity index is 528. The van der Waals surface area contributed by atoms with Crippen molar-refractivity contribution in [1.29, 1.82) is 0 Å². The van der Waals surface area contributed by atoms with E-state index in [0.717, 1.165) is 0 Å². The summed E-state index contributed by atoms with van der Waals surface area (Å²) >= 11 is 0. The quantitative estimate of drug-likeness (QED) is 0.708. The summed E-state index contributed by atoms with van der Waals surface area (Å²) < 4.78 is 25.7. The minimum absolute atomic E-state index is 0.0325. The number of nitrogens with one attached hydrogen (secondary N) is 2. The number of hydrogen-bond acceptors (Lipinski definition) is 4. The van der Waals surface area contributed by atoms with Crippen LogP contribution in [0.3, 0.4) is 0 Å². The largest absolute Gasteiger partial charge is 0.330 e. The van der Waals surface area contributed by atoms with Crippen LogP contribution in [-0.2, 0) is 14.8 Å². The van der Waals surface area contributed by atoms with E-state index < -0.39 is 10.0 Å². The molecule has 0 heterocycles. The third kappa shape index (κ3) is 3.28. The first-order valence-electron chi connectivity index (χ1n) is 5.46. The predicted molar refractivity (Wildman–Crippen MR) is 69.5 cm³/mol. The molecule has 1 rings (SSSR count). The summed E-state index contributed by atoms with van der Waals surface area (Å²) in [7, 11) is -2.29. The Morgan fingerprint density at radius 3 is 2.56 bits per heavy atom. The Hall–Kier alpha value is -1.44. The Balaban J connectivity index is 3.08. The van der Waals surface area contributed by atoms with Crippen LogP contribution in [0.5, 0.6) is 0 Å². The molecule has 100 valence electrons. The van der Waals surface area contributed by atoms with E-state index in [1.165, 1.54) is 19.2 Å². The first kappa shape index (κ1) is 14.6. The second-order valence-corrected chi connectivity index (χ2v) is 5.68. The van der Waals surface area contributed by atoms with Crippen molar-refractivity contribution in [2.24, 2.45) is 11.7 Å². The van der Waals surface area contributed by atoms with Crippen LogP contribution in [0.4, 0.5) is 5.69 Å². The van der Waals surface area contributed by atoms with Gasteiger partial charge in [-0.15, -0.1) is 0 Å². The molecule has 0 aliphatic heterocycles. The molecule has 6 nitrogen and oxygen atoms in total. The number of rotatable bonds is 5. The lowest BCUT2D eigenvalue weighted by atomic mass is 10.1. The minimum atomic E-state index is -3.60. The van der Waals surface area contributed by atoms with E-state index in [0.29, 0.717) is 0 Å². The zero-order valence-corrected chi connectivity index (χ0v) is 11.1. The third-order valence-electron chi connectivity index (χ3n) is 2.50. The van der Waals surface area contributed by atoms with Gasteiger partial charge in [-0.2, -0.15) is 0 Å². The summed E-state index contributed by atoms with van der Waals surface area (Å²) in [4.78, 5) is 11.7. The van der Waals surface area contributed by atoms with Crippen LogP contribution in [0.15, 0.2) is 29.2 Å². The lowest BCUT2D eigenvalue weighted by Gasteiger charge is -2.13. The molecule has 1 aromatic carbocycles. The predicted octanol–water partition coefficient (Wildman–Crippen LogP) is 0.128. The zero-order valence-electron chi connectivity index (χ0n) is 10.3. The second-order valence-electron chi connectivity index (χ2n) is 3.83. The van der Waals surface area contributed by atoms with Crippen LogP contribution in [0.2, 0.25) is 0 Å². The van der Waals surface area contributed by atoms with E-state index in [1.54, 1.807) is 19.1 Å². The molecule has 0 spiro atoms. The van der Waals surface area contributed by atoms with Gasteiger partial charge in [-0.05, 0) is 19.2 Å². The molecule has 0 radical (unpaired) electrons. The fourth-order valence-electron chi connectivity index (χ4n) is 1.28. The maximum atomic E-state index is 11.8. The first-order chi connectivity index (χ1) is 8.42. The molecule has 0 aromatic heterocycles. The van der Waals surface area contributed by atoms with Crippen molar-refractivity contribution in [2.45, 2.75) is 11.8 Å². The standard InChI is InChI=1S/C11H17N3O3S/c1-8(7-12)11(15)14-9-5-3-4-6-10(9)18(16,17)13-2/h3-6,8,13H,7,12H2,1-2H3,(H,14,15). The monoisotopic (exact) mass is 271 g/mol. The van der Waals surface area contributed by atoms with Crippen molar-refractivity contribution in [3.8, 4) is 0 Å². The highest BCUT2D eigenvalue weighted by Gasteiger charge is 2.19. The van der Waals surface area contributed by atoms with Gasteiger partial charge in [0.1, 0.15) is 4.90 Å². The summed E-state index contributed by atoms with van der Waals surface area (Å²) in [5.41, 5.74) is 5.63. The molecule has 4 N–H and O–H groups in total. The topological polar surface area (TPSA) is 101 Å². The van der Waals surface area contributed by atoms with E-state index in [4.69, 9.17) is 5.73 Å². The molecule has 0 bridgehead atoms. The first-order valence-corrected chi connectivity index (χ1v) is 6.94. The average molecular weight is 271 g/mol. The number of nitrogens with two attached hydrogens (primary N) is 1. The highest BCUT2D eigenvalue weighted by molar-refractivity contribution is 7.89. The number of carbonyl (C=O) groups excluding carboxylic acids is 1. The maximum Gasteiger partial charge on any atom is 0.242 e. The minimum Gasteiger partial charge on any atom is -0.330 e. The summed E-state index contributed by atoms with van der Waals surface area (Å²) in [6.07, 6.45) is 0. The Morgan fingerprint density at radius 2 is 2.00 bits per heavy atom. The van der Waals surface area contributed by atoms with E-state index in [9.17, 15) is 13.2 Å². The van der Waals surface area contributed by atoms with Crippen LogP contribution >= 0.6 is 0 Å². The summed E-state index contributed by atoms with van der Waals surface area (Å²) in [6, 6.07) is 6.20. The Labute approximate surface area is 107 Å². The van der Waals surface area contributed by atoms with Crippen LogP contribution in [0.1, 0.15) is 6.92 Å². The number of benzene rings is 1. The van der Waals surface area contributed by atoms with Gasteiger partial charge in [0.2, 0.25) is 15.9 Å². The van der Waals surface area contributed by atoms with E-state index in [2.05, 4.69) is 10.0 Å². The number of para-hydroxylation sites is 1. The molecular formula is C11H17N3O3S. The van der Waals surface area contributed by atoms with Crippen molar-refractivity contribution >= 4 is 21.6 Å². The van der Waals surface area contributed by atoms with Gasteiger partial charge < -0.3 is 11.1 Å². The molecule has 0 aliphatic carbocycles. The number of carbonyl (C=O) groups is 1. The van der Waals surface area contributed by atoms with Gasteiger partial charge in [0.25, 0.3) is 0 Å². The molecule has 0 saturated carbocycles. The van der Waals surface area contributed by atoms with Crippen molar-refractivity contribution in [3.05, 3.63) is 24.3 Å². The zero-order chi connectivity index (χ0) is 13.8. The molecule has 0 fully saturated rings.